The molecule has 1 aliphatic carbocycles. The number of nitrogens with one attached hydrogen (secondary N) is 1. The molecule has 0 unspecified atom stereocenters. The fraction of sp³-hybridized carbons (Fsp3) is 0. The van der Waals surface area contributed by atoms with E-state index in [1.54, 1.807) is 11.3 Å². The summed E-state index contributed by atoms with van der Waals surface area (Å²) in [6.07, 6.45) is 5.86. The van der Waals surface area contributed by atoms with Crippen LogP contribution in [0.1, 0.15) is 5.82 Å². The van der Waals surface area contributed by atoms with Gasteiger partial charge >= 0.3 is 0 Å². The summed E-state index contributed by atoms with van der Waals surface area (Å²) >= 11 is 1.66. The zero-order valence-electron chi connectivity index (χ0n) is 6.74. The summed E-state index contributed by atoms with van der Waals surface area (Å²) in [5.74, 6) is 0.905. The summed E-state index contributed by atoms with van der Waals surface area (Å²) in [5, 5.41) is 4.10. The highest BCUT2D eigenvalue weighted by atomic mass is 32.1. The van der Waals surface area contributed by atoms with E-state index in [-0.39, 0.29) is 0 Å². The zero-order chi connectivity index (χ0) is 8.67. The van der Waals surface area contributed by atoms with Gasteiger partial charge in [0.2, 0.25) is 0 Å². The molecule has 2 nitrogen and oxygen atoms in total. The third kappa shape index (κ3) is 0.985. The Morgan fingerprint density at radius 2 is 2.38 bits per heavy atom. The minimum absolute atomic E-state index is 0.905. The summed E-state index contributed by atoms with van der Waals surface area (Å²) in [6.45, 7) is 0. The maximum Gasteiger partial charge on any atom is 0.146 e. The van der Waals surface area contributed by atoms with Crippen LogP contribution in [-0.2, 0) is 0 Å². The number of H-pyrrole nitrogens is 1. The maximum absolute atomic E-state index is 4.44. The number of allylic oxidation sites excluding steroid dienone is 3. The van der Waals surface area contributed by atoms with Gasteiger partial charge in [0, 0.05) is 10.8 Å². The number of nitrogens with zero attached hydrogens (tertiary/aromatic N) is 1. The minimum atomic E-state index is 0.905. The smallest absolute Gasteiger partial charge is 0.146 e. The Labute approximate surface area is 78.9 Å². The summed E-state index contributed by atoms with van der Waals surface area (Å²) in [6, 6.07) is 0. The molecule has 62 valence electrons. The van der Waals surface area contributed by atoms with Crippen LogP contribution in [0.25, 0.3) is 16.6 Å². The van der Waals surface area contributed by atoms with E-state index in [1.165, 1.54) is 0 Å². The quantitative estimate of drug-likeness (QED) is 0.681. The lowest BCUT2D eigenvalue weighted by molar-refractivity contribution is 1.27. The van der Waals surface area contributed by atoms with E-state index in [9.17, 15) is 0 Å². The van der Waals surface area contributed by atoms with Gasteiger partial charge in [-0.15, -0.1) is 17.1 Å². The van der Waals surface area contributed by atoms with E-state index in [1.807, 2.05) is 23.6 Å². The van der Waals surface area contributed by atoms with E-state index in [0.29, 0.717) is 0 Å². The van der Waals surface area contributed by atoms with E-state index >= 15 is 0 Å². The Morgan fingerprint density at radius 1 is 1.38 bits per heavy atom. The molecule has 13 heavy (non-hydrogen) atoms. The SMILES string of the molecule is C1=CC=CC=1c1nc2cscc2[nH]1. The first-order valence-electron chi connectivity index (χ1n) is 3.99. The second-order valence-electron chi connectivity index (χ2n) is 2.84. The summed E-state index contributed by atoms with van der Waals surface area (Å²) in [4.78, 5) is 7.68. The van der Waals surface area contributed by atoms with Crippen LogP contribution in [-0.4, -0.2) is 9.97 Å². The van der Waals surface area contributed by atoms with Crippen molar-refractivity contribution in [1.82, 2.24) is 9.97 Å². The molecular formula is C10H6N2S. The fourth-order valence-electron chi connectivity index (χ4n) is 1.35. The Morgan fingerprint density at radius 3 is 3.15 bits per heavy atom. The molecule has 3 heteroatoms. The van der Waals surface area contributed by atoms with E-state index in [4.69, 9.17) is 0 Å². The summed E-state index contributed by atoms with van der Waals surface area (Å²) < 4.78 is 0. The standard InChI is InChI=1S/C10H6N2S/c1-2-4-7(3-1)10-11-8-5-13-6-9(8)12-10/h1-3,5-6H,(H,11,12). The van der Waals surface area contributed by atoms with Gasteiger partial charge in [-0.1, -0.05) is 6.08 Å². The van der Waals surface area contributed by atoms with Crippen LogP contribution in [0.15, 0.2) is 34.7 Å². The first-order valence-corrected chi connectivity index (χ1v) is 4.93. The number of thiophene rings is 1. The average Bonchev–Trinajstić information content (AvgIpc) is 2.78. The molecule has 0 fully saturated rings. The lowest BCUT2D eigenvalue weighted by atomic mass is 10.3. The molecule has 0 aromatic carbocycles. The minimum Gasteiger partial charge on any atom is -0.337 e. The molecule has 2 aromatic heterocycles. The van der Waals surface area contributed by atoms with Crippen molar-refractivity contribution in [3.05, 3.63) is 40.5 Å². The number of rotatable bonds is 1. The molecule has 0 saturated heterocycles. The molecule has 3 rings (SSSR count). The number of aromatic nitrogens is 2. The molecule has 0 radical (unpaired) electrons. The van der Waals surface area contributed by atoms with Crippen molar-refractivity contribution in [2.24, 2.45) is 0 Å². The molecule has 0 amide bonds. The highest BCUT2D eigenvalue weighted by Gasteiger charge is 2.06. The first kappa shape index (κ1) is 6.89. The Hall–Kier alpha value is -1.57. The van der Waals surface area contributed by atoms with Crippen LogP contribution in [0.3, 0.4) is 0 Å². The number of hydrogen-bond donors (Lipinski definition) is 1. The Bertz CT molecular complexity index is 522. The number of hydrogen-bond acceptors (Lipinski definition) is 2. The van der Waals surface area contributed by atoms with Crippen LogP contribution in [0.2, 0.25) is 0 Å². The summed E-state index contributed by atoms with van der Waals surface area (Å²) in [7, 11) is 0. The second-order valence-corrected chi connectivity index (χ2v) is 3.58. The Kier molecular flexibility index (Phi) is 1.30. The van der Waals surface area contributed by atoms with Crippen molar-refractivity contribution in [3.8, 4) is 0 Å². The van der Waals surface area contributed by atoms with Gasteiger partial charge in [-0.05, 0) is 12.2 Å². The van der Waals surface area contributed by atoms with Crippen molar-refractivity contribution < 1.29 is 0 Å². The molecule has 0 bridgehead atoms. The van der Waals surface area contributed by atoms with Crippen LogP contribution in [0.4, 0.5) is 0 Å². The van der Waals surface area contributed by atoms with Crippen molar-refractivity contribution in [3.63, 3.8) is 0 Å². The lowest BCUT2D eigenvalue weighted by Crippen LogP contribution is -1.80. The molecule has 2 aromatic rings. The molecule has 2 heterocycles. The fourth-order valence-corrected chi connectivity index (χ4v) is 2.04. The van der Waals surface area contributed by atoms with E-state index < -0.39 is 0 Å². The molecular weight excluding hydrogens is 180 g/mol. The Balaban J connectivity index is 2.23. The van der Waals surface area contributed by atoms with Crippen molar-refractivity contribution in [1.29, 1.82) is 0 Å². The topological polar surface area (TPSA) is 28.7 Å². The highest BCUT2D eigenvalue weighted by Crippen LogP contribution is 2.21. The second kappa shape index (κ2) is 2.46. The lowest BCUT2D eigenvalue weighted by Gasteiger charge is -1.88. The third-order valence-corrected chi connectivity index (χ3v) is 2.71. The molecule has 1 N–H and O–H groups in total. The third-order valence-electron chi connectivity index (χ3n) is 1.98. The summed E-state index contributed by atoms with van der Waals surface area (Å²) in [5.41, 5.74) is 6.29. The number of aromatic amines is 1. The van der Waals surface area contributed by atoms with Gasteiger partial charge in [0.25, 0.3) is 0 Å². The van der Waals surface area contributed by atoms with Gasteiger partial charge in [-0.2, -0.15) is 0 Å². The molecule has 1 aliphatic rings. The first-order chi connectivity index (χ1) is 6.43. The van der Waals surface area contributed by atoms with Gasteiger partial charge in [0.05, 0.1) is 16.6 Å². The predicted octanol–water partition coefficient (Wildman–Crippen LogP) is 2.73. The van der Waals surface area contributed by atoms with Crippen molar-refractivity contribution in [2.75, 3.05) is 0 Å². The zero-order valence-corrected chi connectivity index (χ0v) is 7.56. The van der Waals surface area contributed by atoms with E-state index in [2.05, 4.69) is 21.1 Å². The number of imidazole rings is 1. The average molecular weight is 186 g/mol. The van der Waals surface area contributed by atoms with Crippen LogP contribution in [0.5, 0.6) is 0 Å². The van der Waals surface area contributed by atoms with Gasteiger partial charge < -0.3 is 4.98 Å². The van der Waals surface area contributed by atoms with Crippen LogP contribution >= 0.6 is 11.3 Å². The van der Waals surface area contributed by atoms with E-state index in [0.717, 1.165) is 22.4 Å². The van der Waals surface area contributed by atoms with Crippen LogP contribution in [0, 0.1) is 0 Å². The van der Waals surface area contributed by atoms with Gasteiger partial charge in [0.1, 0.15) is 5.82 Å². The molecule has 0 atom stereocenters. The van der Waals surface area contributed by atoms with Gasteiger partial charge in [-0.25, -0.2) is 4.98 Å². The predicted molar refractivity (Wildman–Crippen MR) is 54.6 cm³/mol. The molecule has 0 saturated carbocycles. The van der Waals surface area contributed by atoms with Crippen molar-refractivity contribution in [2.45, 2.75) is 0 Å². The maximum atomic E-state index is 4.44. The van der Waals surface area contributed by atoms with Gasteiger partial charge in [0.15, 0.2) is 0 Å². The van der Waals surface area contributed by atoms with Gasteiger partial charge in [-0.3, -0.25) is 0 Å². The monoisotopic (exact) mass is 186 g/mol. The number of fused-ring (bicyclic) bond motifs is 1. The van der Waals surface area contributed by atoms with Crippen LogP contribution < -0.4 is 0 Å². The highest BCUT2D eigenvalue weighted by molar-refractivity contribution is 7.09. The normalized spacial score (nSPS) is 14.3. The molecule has 0 aliphatic heterocycles. The van der Waals surface area contributed by atoms with Crippen molar-refractivity contribution >= 4 is 27.9 Å². The molecule has 0 spiro atoms. The largest absolute Gasteiger partial charge is 0.337 e.